The highest BCUT2D eigenvalue weighted by molar-refractivity contribution is 5.87. The summed E-state index contributed by atoms with van der Waals surface area (Å²) in [5.41, 5.74) is 5.14. The average Bonchev–Trinajstić information content (AvgIpc) is 3.27. The highest BCUT2D eigenvalue weighted by atomic mass is 19.1. The molecule has 0 aliphatic carbocycles. The van der Waals surface area contributed by atoms with Crippen LogP contribution in [0.15, 0.2) is 46.6 Å². The third kappa shape index (κ3) is 4.40. The summed E-state index contributed by atoms with van der Waals surface area (Å²) in [4.78, 5) is 19.3. The predicted octanol–water partition coefficient (Wildman–Crippen LogP) is 5.65. The first-order valence-electron chi connectivity index (χ1n) is 11.2. The highest BCUT2D eigenvalue weighted by Crippen LogP contribution is 2.38. The Morgan fingerprint density at radius 2 is 1.91 bits per heavy atom. The first-order chi connectivity index (χ1) is 16.2. The van der Waals surface area contributed by atoms with E-state index in [2.05, 4.69) is 35.4 Å². The van der Waals surface area contributed by atoms with Crippen LogP contribution in [0, 0.1) is 25.6 Å². The van der Waals surface area contributed by atoms with Gasteiger partial charge in [0.15, 0.2) is 11.6 Å². The van der Waals surface area contributed by atoms with Crippen molar-refractivity contribution in [1.82, 2.24) is 20.4 Å². The van der Waals surface area contributed by atoms with E-state index in [0.29, 0.717) is 12.1 Å². The Kier molecular flexibility index (Phi) is 6.41. The van der Waals surface area contributed by atoms with Crippen molar-refractivity contribution in [1.29, 1.82) is 0 Å². The number of hydrogen-bond acceptors (Lipinski definition) is 5. The molecule has 0 saturated carbocycles. The lowest BCUT2D eigenvalue weighted by molar-refractivity contribution is 0.199. The summed E-state index contributed by atoms with van der Waals surface area (Å²) in [5, 5.41) is 7.21. The lowest BCUT2D eigenvalue weighted by atomic mass is 9.92. The predicted molar refractivity (Wildman–Crippen MR) is 128 cm³/mol. The Morgan fingerprint density at radius 1 is 1.15 bits per heavy atom. The number of nitrogens with zero attached hydrogens (tertiary/aromatic N) is 3. The number of rotatable bonds is 6. The van der Waals surface area contributed by atoms with Gasteiger partial charge in [0.05, 0.1) is 18.7 Å². The van der Waals surface area contributed by atoms with E-state index < -0.39 is 11.9 Å². The molecule has 1 aromatic heterocycles. The molecule has 0 fully saturated rings. The number of nitrogens with one attached hydrogen (secondary N) is 1. The van der Waals surface area contributed by atoms with E-state index in [1.165, 1.54) is 19.2 Å². The number of carbonyl (C=O) groups is 1. The molecule has 1 aliphatic heterocycles. The van der Waals surface area contributed by atoms with Crippen LogP contribution >= 0.6 is 0 Å². The van der Waals surface area contributed by atoms with E-state index in [0.717, 1.165) is 28.0 Å². The van der Waals surface area contributed by atoms with Crippen molar-refractivity contribution in [2.24, 2.45) is 5.92 Å². The Bertz CT molecular complexity index is 1260. The summed E-state index contributed by atoms with van der Waals surface area (Å²) in [5.74, 6) is 0.423. The van der Waals surface area contributed by atoms with Gasteiger partial charge in [-0.3, -0.25) is 4.90 Å². The quantitative estimate of drug-likeness (QED) is 0.510. The molecule has 0 radical (unpaired) electrons. The molecule has 7 nitrogen and oxygen atoms in total. The molecular weight excluding hydrogens is 435 g/mol. The largest absolute Gasteiger partial charge is 0.494 e. The molecule has 1 N–H and O–H groups in total. The van der Waals surface area contributed by atoms with E-state index >= 15 is 0 Å². The van der Waals surface area contributed by atoms with Crippen LogP contribution in [0.5, 0.6) is 5.75 Å². The molecule has 2 aromatic carbocycles. The number of ether oxygens (including phenoxy) is 1. The van der Waals surface area contributed by atoms with Crippen LogP contribution in [0.25, 0.3) is 17.0 Å². The number of benzene rings is 2. The van der Waals surface area contributed by atoms with Crippen molar-refractivity contribution < 1.29 is 18.4 Å². The van der Waals surface area contributed by atoms with Gasteiger partial charge in [0.25, 0.3) is 5.89 Å². The second-order valence-corrected chi connectivity index (χ2v) is 9.00. The maximum Gasteiger partial charge on any atom is 0.322 e. The minimum absolute atomic E-state index is 0.139. The van der Waals surface area contributed by atoms with Gasteiger partial charge in [-0.15, -0.1) is 0 Å². The molecule has 0 spiro atoms. The zero-order valence-corrected chi connectivity index (χ0v) is 20.3. The molecule has 1 atom stereocenters. The monoisotopic (exact) mass is 464 g/mol. The van der Waals surface area contributed by atoms with Crippen LogP contribution in [0.3, 0.4) is 0 Å². The van der Waals surface area contributed by atoms with Crippen molar-refractivity contribution in [3.63, 3.8) is 0 Å². The summed E-state index contributed by atoms with van der Waals surface area (Å²) in [7, 11) is 1.41. The Balaban J connectivity index is 1.82. The molecule has 2 heterocycles. The number of carbonyl (C=O) groups excluding carboxylic acids is 1. The summed E-state index contributed by atoms with van der Waals surface area (Å²) in [6.45, 7) is 10.6. The maximum atomic E-state index is 14.3. The van der Waals surface area contributed by atoms with Gasteiger partial charge in [0, 0.05) is 17.8 Å². The molecule has 3 aromatic rings. The summed E-state index contributed by atoms with van der Waals surface area (Å²) < 4.78 is 24.9. The number of allylic oxidation sites excluding steroid dienone is 1. The number of halogens is 1. The minimum atomic E-state index is -0.511. The second-order valence-electron chi connectivity index (χ2n) is 9.00. The molecule has 34 heavy (non-hydrogen) atoms. The fraction of sp³-hybridized carbons (Fsp3) is 0.346. The molecule has 0 bridgehead atoms. The Hall–Kier alpha value is -3.68. The smallest absolute Gasteiger partial charge is 0.322 e. The van der Waals surface area contributed by atoms with E-state index in [-0.39, 0.29) is 29.4 Å². The van der Waals surface area contributed by atoms with E-state index in [1.54, 1.807) is 11.0 Å². The number of hydrogen-bond donors (Lipinski definition) is 1. The number of aromatic nitrogens is 2. The number of methoxy groups -OCH3 is 1. The number of urea groups is 1. The van der Waals surface area contributed by atoms with Crippen molar-refractivity contribution in [3.05, 3.63) is 70.5 Å². The van der Waals surface area contributed by atoms with Crippen LogP contribution in [0.1, 0.15) is 49.4 Å². The van der Waals surface area contributed by atoms with Crippen LogP contribution in [0.2, 0.25) is 0 Å². The van der Waals surface area contributed by atoms with E-state index in [1.807, 2.05) is 32.9 Å². The average molecular weight is 465 g/mol. The van der Waals surface area contributed by atoms with Crippen molar-refractivity contribution in [2.75, 3.05) is 13.7 Å². The Labute approximate surface area is 198 Å². The summed E-state index contributed by atoms with van der Waals surface area (Å²) in [6, 6.07) is 9.95. The number of aryl methyl sites for hydroxylation is 2. The first-order valence-corrected chi connectivity index (χ1v) is 11.2. The van der Waals surface area contributed by atoms with E-state index in [4.69, 9.17) is 9.26 Å². The maximum absolute atomic E-state index is 14.3. The van der Waals surface area contributed by atoms with Crippen LogP contribution < -0.4 is 10.1 Å². The van der Waals surface area contributed by atoms with Gasteiger partial charge in [-0.2, -0.15) is 4.98 Å². The molecule has 8 heteroatoms. The topological polar surface area (TPSA) is 80.5 Å². The van der Waals surface area contributed by atoms with Crippen LogP contribution in [0.4, 0.5) is 9.18 Å². The van der Waals surface area contributed by atoms with Gasteiger partial charge in [-0.1, -0.05) is 37.2 Å². The Morgan fingerprint density at radius 3 is 2.56 bits per heavy atom. The van der Waals surface area contributed by atoms with Gasteiger partial charge < -0.3 is 14.6 Å². The van der Waals surface area contributed by atoms with Crippen molar-refractivity contribution in [3.8, 4) is 17.1 Å². The lowest BCUT2D eigenvalue weighted by Gasteiger charge is -2.36. The number of amides is 2. The molecule has 178 valence electrons. The van der Waals surface area contributed by atoms with Gasteiger partial charge in [0.2, 0.25) is 5.82 Å². The van der Waals surface area contributed by atoms with Gasteiger partial charge >= 0.3 is 6.03 Å². The van der Waals surface area contributed by atoms with Crippen LogP contribution in [-0.4, -0.2) is 34.7 Å². The van der Waals surface area contributed by atoms with E-state index in [9.17, 15) is 9.18 Å². The standard InChI is InChI=1S/C26H29FN4O3/c1-14(2)13-31-17(5)22(23(28-26(31)32)18-8-7-15(3)16(4)11-18)25-29-24(30-34-25)19-9-10-21(33-6)20(27)12-19/h7-12,14,23H,13H2,1-6H3,(H,28,32). The van der Waals surface area contributed by atoms with Crippen molar-refractivity contribution in [2.45, 2.75) is 40.7 Å². The first kappa shape index (κ1) is 23.5. The molecule has 0 saturated heterocycles. The van der Waals surface area contributed by atoms with Gasteiger partial charge in [0.1, 0.15) is 0 Å². The van der Waals surface area contributed by atoms with Crippen LogP contribution in [-0.2, 0) is 0 Å². The van der Waals surface area contributed by atoms with Gasteiger partial charge in [-0.25, -0.2) is 9.18 Å². The molecule has 2 amide bonds. The third-order valence-corrected chi connectivity index (χ3v) is 6.07. The second kappa shape index (κ2) is 9.29. The zero-order chi connectivity index (χ0) is 24.6. The molecule has 4 rings (SSSR count). The molecule has 1 aliphatic rings. The normalized spacial score (nSPS) is 16.3. The fourth-order valence-electron chi connectivity index (χ4n) is 4.09. The SMILES string of the molecule is COc1ccc(-c2noc(C3=C(C)N(CC(C)C)C(=O)NC3c3ccc(C)c(C)c3)n2)cc1F. The fourth-order valence-corrected chi connectivity index (χ4v) is 4.09. The summed E-state index contributed by atoms with van der Waals surface area (Å²) >= 11 is 0. The highest BCUT2D eigenvalue weighted by Gasteiger charge is 2.36. The van der Waals surface area contributed by atoms with Gasteiger partial charge in [-0.05, 0) is 61.6 Å². The lowest BCUT2D eigenvalue weighted by Crippen LogP contribution is -2.47. The summed E-state index contributed by atoms with van der Waals surface area (Å²) in [6.07, 6.45) is 0. The molecule has 1 unspecified atom stereocenters. The minimum Gasteiger partial charge on any atom is -0.494 e. The zero-order valence-electron chi connectivity index (χ0n) is 20.3. The third-order valence-electron chi connectivity index (χ3n) is 6.07. The van der Waals surface area contributed by atoms with Crippen molar-refractivity contribution >= 4 is 11.6 Å². The molecular formula is C26H29FN4O3.